The Labute approximate surface area is 419 Å². The Morgan fingerprint density at radius 2 is 1.55 bits per heavy atom. The largest absolute Gasteiger partial charge is 0.494 e. The number of hydrogen-bond acceptors (Lipinski definition) is 10. The highest BCUT2D eigenvalue weighted by atomic mass is 35.5. The summed E-state index contributed by atoms with van der Waals surface area (Å²) < 4.78 is 54.4. The van der Waals surface area contributed by atoms with Crippen molar-refractivity contribution < 1.29 is 51.7 Å². The third-order valence-corrected chi connectivity index (χ3v) is 12.9. The van der Waals surface area contributed by atoms with Gasteiger partial charge in [0.05, 0.1) is 40.9 Å². The van der Waals surface area contributed by atoms with E-state index in [1.807, 2.05) is 30.3 Å². The van der Waals surface area contributed by atoms with Crippen molar-refractivity contribution in [2.75, 3.05) is 30.5 Å². The maximum absolute atomic E-state index is 14.2. The first kappa shape index (κ1) is 53.8. The Morgan fingerprint density at radius 1 is 0.887 bits per heavy atom. The van der Waals surface area contributed by atoms with E-state index in [9.17, 15) is 42.3 Å². The second-order valence-corrected chi connectivity index (χ2v) is 19.3. The second kappa shape index (κ2) is 24.6. The molecule has 3 atom stereocenters. The van der Waals surface area contributed by atoms with Crippen LogP contribution < -0.4 is 30.3 Å². The molecule has 5 amide bonds. The van der Waals surface area contributed by atoms with E-state index in [0.717, 1.165) is 16.5 Å². The van der Waals surface area contributed by atoms with Crippen molar-refractivity contribution in [1.29, 1.82) is 0 Å². The molecule has 1 fully saturated rings. The number of thiazole rings is 1. The van der Waals surface area contributed by atoms with Gasteiger partial charge in [0.2, 0.25) is 29.5 Å². The molecule has 6 rings (SSSR count). The van der Waals surface area contributed by atoms with Gasteiger partial charge in [0.15, 0.2) is 0 Å². The predicted octanol–water partition coefficient (Wildman–Crippen LogP) is 8.57. The van der Waals surface area contributed by atoms with Gasteiger partial charge in [0, 0.05) is 44.6 Å². The molecule has 4 N–H and O–H groups in total. The average Bonchev–Trinajstić information content (AvgIpc) is 3.97. The van der Waals surface area contributed by atoms with E-state index in [1.165, 1.54) is 23.5 Å². The fraction of sp³-hybridized carbons (Fsp3) is 0.385. The lowest BCUT2D eigenvalue weighted by atomic mass is 9.85. The molecule has 0 saturated carbocycles. The average molecular weight is 1020 g/mol. The Kier molecular flexibility index (Phi) is 18.6. The van der Waals surface area contributed by atoms with Gasteiger partial charge in [-0.1, -0.05) is 63.2 Å². The van der Waals surface area contributed by atoms with Gasteiger partial charge in [0.1, 0.15) is 35.2 Å². The lowest BCUT2D eigenvalue weighted by Crippen LogP contribution is -2.57. The number of anilines is 1. The molecule has 0 radical (unpaired) electrons. The van der Waals surface area contributed by atoms with Crippen LogP contribution in [0.15, 0.2) is 103 Å². The molecule has 2 unspecified atom stereocenters. The van der Waals surface area contributed by atoms with Crippen LogP contribution in [0.5, 0.6) is 17.2 Å². The molecule has 2 heterocycles. The summed E-state index contributed by atoms with van der Waals surface area (Å²) in [6.45, 7) is 7.26. The van der Waals surface area contributed by atoms with Crippen LogP contribution >= 0.6 is 22.9 Å². The minimum absolute atomic E-state index is 0.144. The highest BCUT2D eigenvalue weighted by Crippen LogP contribution is 2.37. The maximum Gasteiger partial charge on any atom is 0.416 e. The number of halogens is 4. The summed E-state index contributed by atoms with van der Waals surface area (Å²) >= 11 is 7.11. The molecule has 1 aliphatic heterocycles. The molecule has 0 aliphatic carbocycles. The molecule has 0 bridgehead atoms. The summed E-state index contributed by atoms with van der Waals surface area (Å²) in [4.78, 5) is 73.4. The van der Waals surface area contributed by atoms with Gasteiger partial charge in [-0.15, -0.1) is 22.9 Å². The van der Waals surface area contributed by atoms with Gasteiger partial charge in [-0.3, -0.25) is 24.0 Å². The van der Waals surface area contributed by atoms with Crippen molar-refractivity contribution in [2.24, 2.45) is 5.41 Å². The monoisotopic (exact) mass is 1020 g/mol. The Bertz CT molecular complexity index is 2610. The van der Waals surface area contributed by atoms with Crippen molar-refractivity contribution in [1.82, 2.24) is 25.8 Å². The van der Waals surface area contributed by atoms with Crippen molar-refractivity contribution in [2.45, 2.75) is 97.3 Å². The lowest BCUT2D eigenvalue weighted by Gasteiger charge is -2.35. The third kappa shape index (κ3) is 15.2. The highest BCUT2D eigenvalue weighted by Gasteiger charge is 2.45. The van der Waals surface area contributed by atoms with Gasteiger partial charge in [-0.05, 0) is 96.5 Å². The molecule has 0 spiro atoms. The minimum atomic E-state index is -4.72. The Morgan fingerprint density at radius 3 is 2.18 bits per heavy atom. The number of nitrogens with one attached hydrogen (secondary N) is 3. The molecule has 5 aromatic rings. The van der Waals surface area contributed by atoms with Crippen molar-refractivity contribution in [3.8, 4) is 27.7 Å². The third-order valence-electron chi connectivity index (χ3n) is 11.7. The maximum atomic E-state index is 14.2. The van der Waals surface area contributed by atoms with Gasteiger partial charge in [-0.25, -0.2) is 4.98 Å². The number of aryl methyl sites for hydroxylation is 1. The Balaban J connectivity index is 0.903. The van der Waals surface area contributed by atoms with E-state index in [1.54, 1.807) is 86.6 Å². The molecule has 1 aromatic heterocycles. The number of carbonyl (C=O) groups excluding carboxylic acids is 5. The second-order valence-electron chi connectivity index (χ2n) is 18.2. The standard InChI is InChI=1S/C52H58ClF3N6O8S/c1-33-47(71-32-59-33)35-12-13-36(42(26-35)52(54,55)56)29-58-49(67)43-27-38(63)31-62(43)50(68)48(51(2,3)4)60-45(65)23-22-44(64)57-24-8-9-25-69-39-18-20-41(21-19-39)70-40-16-14-37(15-17-40)61(46(66)28-53)30-34-10-6-5-7-11-34/h5-7,10-21,26,32,38,43,48,63H,8-9,22-25,27-31H2,1-4H3,(H,57,64)(H,58,67)(H,60,65)/t38-,43?,48?/m1/s1. The molecule has 378 valence electrons. The summed E-state index contributed by atoms with van der Waals surface area (Å²) in [5, 5.41) is 18.6. The van der Waals surface area contributed by atoms with Crippen LogP contribution in [-0.2, 0) is 43.2 Å². The number of β-amino-alcohol motifs (C(OH)–C–C–N with tert-alkyl or cyclic N) is 1. The Hall–Kier alpha value is -6.50. The molecular formula is C52H58ClF3N6O8S. The zero-order chi connectivity index (χ0) is 51.3. The van der Waals surface area contributed by atoms with Gasteiger partial charge < -0.3 is 40.3 Å². The first-order chi connectivity index (χ1) is 33.8. The summed E-state index contributed by atoms with van der Waals surface area (Å²) in [6, 6.07) is 25.4. The van der Waals surface area contributed by atoms with E-state index < -0.39 is 59.6 Å². The van der Waals surface area contributed by atoms with E-state index in [-0.39, 0.29) is 49.1 Å². The van der Waals surface area contributed by atoms with Crippen LogP contribution in [0.4, 0.5) is 18.9 Å². The van der Waals surface area contributed by atoms with E-state index in [2.05, 4.69) is 20.9 Å². The number of carbonyl (C=O) groups is 5. The van der Waals surface area contributed by atoms with E-state index in [0.29, 0.717) is 71.6 Å². The number of alkyl halides is 4. The number of ether oxygens (including phenoxy) is 2. The normalized spacial score (nSPS) is 15.1. The molecule has 71 heavy (non-hydrogen) atoms. The summed E-state index contributed by atoms with van der Waals surface area (Å²) in [5.41, 5.74) is 2.19. The van der Waals surface area contributed by atoms with Crippen LogP contribution in [0.25, 0.3) is 10.4 Å². The molecule has 19 heteroatoms. The SMILES string of the molecule is Cc1ncsc1-c1ccc(CNC(=O)C2C[C@@H](O)CN2C(=O)C(NC(=O)CCC(=O)NCCCCOc2ccc(Oc3ccc(N(Cc4ccccc4)C(=O)CCl)cc3)cc2)C(C)(C)C)c(C(F)(F)F)c1. The fourth-order valence-corrected chi connectivity index (χ4v) is 8.87. The number of nitrogens with zero attached hydrogens (tertiary/aromatic N) is 3. The lowest BCUT2D eigenvalue weighted by molar-refractivity contribution is -0.144. The number of aliphatic hydroxyl groups is 1. The number of hydrogen-bond donors (Lipinski definition) is 4. The minimum Gasteiger partial charge on any atom is -0.494 e. The smallest absolute Gasteiger partial charge is 0.416 e. The van der Waals surface area contributed by atoms with E-state index in [4.69, 9.17) is 21.1 Å². The molecule has 1 aliphatic rings. The first-order valence-electron chi connectivity index (χ1n) is 23.1. The van der Waals surface area contributed by atoms with Gasteiger partial charge in [-0.2, -0.15) is 13.2 Å². The molecule has 1 saturated heterocycles. The number of aliphatic hydroxyl groups excluding tert-OH is 1. The van der Waals surface area contributed by atoms with Crippen LogP contribution in [0.1, 0.15) is 75.3 Å². The summed E-state index contributed by atoms with van der Waals surface area (Å²) in [6.07, 6.45) is -5.09. The molecular weight excluding hydrogens is 961 g/mol. The van der Waals surface area contributed by atoms with Gasteiger partial charge >= 0.3 is 6.18 Å². The predicted molar refractivity (Wildman–Crippen MR) is 265 cm³/mol. The molecule has 4 aromatic carbocycles. The van der Waals surface area contributed by atoms with Crippen molar-refractivity contribution in [3.63, 3.8) is 0 Å². The van der Waals surface area contributed by atoms with Gasteiger partial charge in [0.25, 0.3) is 0 Å². The molecule has 14 nitrogen and oxygen atoms in total. The first-order valence-corrected chi connectivity index (χ1v) is 24.6. The summed E-state index contributed by atoms with van der Waals surface area (Å²) in [5.74, 6) is -0.885. The van der Waals surface area contributed by atoms with Crippen molar-refractivity contribution in [3.05, 3.63) is 125 Å². The number of benzene rings is 4. The van der Waals surface area contributed by atoms with Crippen LogP contribution in [-0.4, -0.2) is 88.3 Å². The van der Waals surface area contributed by atoms with E-state index >= 15 is 0 Å². The quantitative estimate of drug-likeness (QED) is 0.0414. The highest BCUT2D eigenvalue weighted by molar-refractivity contribution is 7.13. The van der Waals surface area contributed by atoms with Crippen molar-refractivity contribution >= 4 is 58.2 Å². The number of rotatable bonds is 21. The topological polar surface area (TPSA) is 179 Å². The number of amides is 5. The number of unbranched alkanes of at least 4 members (excludes halogenated alkanes) is 1. The fourth-order valence-electron chi connectivity index (χ4n) is 7.92. The number of likely N-dealkylation sites (tertiary alicyclic amines) is 1. The van der Waals surface area contributed by atoms with Crippen LogP contribution in [0.3, 0.4) is 0 Å². The van der Waals surface area contributed by atoms with Crippen LogP contribution in [0, 0.1) is 12.3 Å². The zero-order valence-electron chi connectivity index (χ0n) is 39.9. The van der Waals surface area contributed by atoms with Crippen LogP contribution in [0.2, 0.25) is 0 Å². The summed E-state index contributed by atoms with van der Waals surface area (Å²) in [7, 11) is 0. The number of aromatic nitrogens is 1. The zero-order valence-corrected chi connectivity index (χ0v) is 41.5.